The van der Waals surface area contributed by atoms with Crippen LogP contribution in [0.25, 0.3) is 6.08 Å². The van der Waals surface area contributed by atoms with Crippen molar-refractivity contribution in [3.05, 3.63) is 117 Å². The Labute approximate surface area is 327 Å². The third kappa shape index (κ3) is 10.7. The quantitative estimate of drug-likeness (QED) is 0.0782. The van der Waals surface area contributed by atoms with Crippen LogP contribution in [0.1, 0.15) is 71.3 Å². The second-order valence-electron chi connectivity index (χ2n) is 13.2. The van der Waals surface area contributed by atoms with E-state index in [2.05, 4.69) is 16.0 Å². The van der Waals surface area contributed by atoms with Crippen molar-refractivity contribution in [3.8, 4) is 0 Å². The third-order valence-electron chi connectivity index (χ3n) is 7.89. The number of anilines is 2. The number of hydrogen-bond donors (Lipinski definition) is 3. The van der Waals surface area contributed by atoms with Gasteiger partial charge in [-0.2, -0.15) is 0 Å². The lowest BCUT2D eigenvalue weighted by Gasteiger charge is -2.30. The van der Waals surface area contributed by atoms with Gasteiger partial charge in [0.1, 0.15) is 16.3 Å². The van der Waals surface area contributed by atoms with E-state index in [1.165, 1.54) is 29.2 Å². The minimum absolute atomic E-state index is 0.00202. The molecule has 3 aromatic carbocycles. The van der Waals surface area contributed by atoms with Gasteiger partial charge in [-0.1, -0.05) is 48.0 Å². The van der Waals surface area contributed by atoms with Gasteiger partial charge in [0.05, 0.1) is 24.0 Å². The van der Waals surface area contributed by atoms with E-state index in [0.29, 0.717) is 50.3 Å². The van der Waals surface area contributed by atoms with Gasteiger partial charge in [0, 0.05) is 32.6 Å². The van der Waals surface area contributed by atoms with E-state index in [9.17, 15) is 24.0 Å². The minimum atomic E-state index is -0.654. The van der Waals surface area contributed by atoms with Gasteiger partial charge in [-0.15, -0.1) is 23.1 Å². The summed E-state index contributed by atoms with van der Waals surface area (Å²) in [4.78, 5) is 69.1. The first-order chi connectivity index (χ1) is 25.7. The van der Waals surface area contributed by atoms with Crippen LogP contribution in [0.4, 0.5) is 15.5 Å². The van der Waals surface area contributed by atoms with E-state index >= 15 is 0 Å². The number of rotatable bonds is 11. The van der Waals surface area contributed by atoms with Crippen LogP contribution >= 0.6 is 34.7 Å². The Morgan fingerprint density at radius 3 is 2.43 bits per heavy atom. The van der Waals surface area contributed by atoms with Gasteiger partial charge in [-0.05, 0) is 101 Å². The molecule has 4 aromatic rings. The molecule has 54 heavy (non-hydrogen) atoms. The number of carbonyl (C=O) groups is 5. The molecule has 11 nitrogen and oxygen atoms in total. The van der Waals surface area contributed by atoms with E-state index < -0.39 is 34.7 Å². The molecule has 1 atom stereocenters. The summed E-state index contributed by atoms with van der Waals surface area (Å²) < 4.78 is 10.9. The molecule has 1 aliphatic rings. The van der Waals surface area contributed by atoms with Gasteiger partial charge < -0.3 is 30.3 Å². The summed E-state index contributed by atoms with van der Waals surface area (Å²) in [6, 6.07) is 22.4. The van der Waals surface area contributed by atoms with Crippen molar-refractivity contribution < 1.29 is 33.4 Å². The first-order valence-electron chi connectivity index (χ1n) is 17.2. The molecule has 0 saturated carbocycles. The van der Waals surface area contributed by atoms with E-state index in [1.807, 2.05) is 6.07 Å². The van der Waals surface area contributed by atoms with Crippen LogP contribution in [0.5, 0.6) is 0 Å². The lowest BCUT2D eigenvalue weighted by Crippen LogP contribution is -2.39. The van der Waals surface area contributed by atoms with Crippen molar-refractivity contribution in [1.29, 1.82) is 0 Å². The second kappa shape index (κ2) is 17.8. The number of hydrogen-bond acceptors (Lipinski definition) is 9. The molecule has 0 spiro atoms. The first-order valence-corrected chi connectivity index (χ1v) is 19.3. The van der Waals surface area contributed by atoms with Gasteiger partial charge in [0.2, 0.25) is 5.91 Å². The van der Waals surface area contributed by atoms with E-state index in [-0.39, 0.29) is 24.8 Å². The number of thioether (sulfide) groups is 1. The number of fused-ring (bicyclic) bond motifs is 1. The van der Waals surface area contributed by atoms with Crippen molar-refractivity contribution in [2.45, 2.75) is 63.3 Å². The molecule has 5 rings (SSSR count). The van der Waals surface area contributed by atoms with Gasteiger partial charge >= 0.3 is 12.1 Å². The van der Waals surface area contributed by atoms with Crippen molar-refractivity contribution in [1.82, 2.24) is 10.2 Å². The Kier molecular flexibility index (Phi) is 13.2. The molecule has 14 heteroatoms. The largest absolute Gasteiger partial charge is 0.462 e. The Hall–Kier alpha value is -5.11. The molecule has 1 aliphatic heterocycles. The third-order valence-corrected chi connectivity index (χ3v) is 10.3. The molecule has 3 N–H and O–H groups in total. The molecule has 0 bridgehead atoms. The van der Waals surface area contributed by atoms with E-state index in [1.54, 1.807) is 112 Å². The average Bonchev–Trinajstić information content (AvgIpc) is 3.48. The highest BCUT2D eigenvalue weighted by Crippen LogP contribution is 2.39. The standard InChI is InChI=1S/C40H41ClN4O7S2/c1-6-51-38(49)33-30-18-19-45(39(50)52-40(3,4)5)23-32(30)54-37(33)44-34(46)24(2)53-29-17-11-16-28(22-29)42-36(48)31(21-25-12-10-15-27(41)20-25)43-35(47)26-13-8-7-9-14-26/h7-17,20-22,24H,6,18-19,23H2,1-5H3,(H,42,48)(H,43,47)(H,44,46)/b31-21-. The second-order valence-corrected chi connectivity index (χ2v) is 16.2. The van der Waals surface area contributed by atoms with E-state index in [4.69, 9.17) is 21.1 Å². The number of nitrogens with one attached hydrogen (secondary N) is 3. The predicted octanol–water partition coefficient (Wildman–Crippen LogP) is 8.40. The van der Waals surface area contributed by atoms with Crippen LogP contribution in [0.15, 0.2) is 89.5 Å². The van der Waals surface area contributed by atoms with Crippen molar-refractivity contribution in [2.75, 3.05) is 23.8 Å². The smallest absolute Gasteiger partial charge is 0.410 e. The SMILES string of the molecule is CCOC(=O)c1c(NC(=O)C(C)Sc2cccc(NC(=O)/C(=C/c3cccc(Cl)c3)NC(=O)c3ccccc3)c2)sc2c1CCN(C(=O)OC(C)(C)C)C2. The van der Waals surface area contributed by atoms with Crippen LogP contribution in [0.2, 0.25) is 5.02 Å². The fourth-order valence-electron chi connectivity index (χ4n) is 5.42. The van der Waals surface area contributed by atoms with Crippen LogP contribution in [-0.4, -0.2) is 58.7 Å². The molecule has 0 fully saturated rings. The van der Waals surface area contributed by atoms with Gasteiger partial charge in [0.15, 0.2) is 0 Å². The zero-order valence-electron chi connectivity index (χ0n) is 30.5. The fraction of sp³-hybridized carbons (Fsp3) is 0.275. The van der Waals surface area contributed by atoms with Crippen LogP contribution < -0.4 is 16.0 Å². The van der Waals surface area contributed by atoms with Gasteiger partial charge in [0.25, 0.3) is 11.8 Å². The van der Waals surface area contributed by atoms with Crippen molar-refractivity contribution >= 4 is 81.2 Å². The Bertz CT molecular complexity index is 2080. The molecule has 0 saturated heterocycles. The molecule has 282 valence electrons. The molecule has 0 aliphatic carbocycles. The summed E-state index contributed by atoms with van der Waals surface area (Å²) in [5.74, 6) is -1.91. The number of carbonyl (C=O) groups excluding carboxylic acids is 5. The molecule has 1 unspecified atom stereocenters. The summed E-state index contributed by atoms with van der Waals surface area (Å²) >= 11 is 8.67. The number of ether oxygens (including phenoxy) is 2. The first kappa shape index (κ1) is 40.1. The number of benzene rings is 3. The summed E-state index contributed by atoms with van der Waals surface area (Å²) in [7, 11) is 0. The lowest BCUT2D eigenvalue weighted by molar-refractivity contribution is -0.115. The number of amides is 4. The average molecular weight is 789 g/mol. The molecule has 2 heterocycles. The molecule has 0 radical (unpaired) electrons. The van der Waals surface area contributed by atoms with E-state index in [0.717, 1.165) is 10.4 Å². The maximum atomic E-state index is 13.6. The summed E-state index contributed by atoms with van der Waals surface area (Å²) in [5, 5.41) is 8.70. The summed E-state index contributed by atoms with van der Waals surface area (Å²) in [6.45, 7) is 9.61. The molecule has 4 amide bonds. The normalized spacial score (nSPS) is 13.3. The fourth-order valence-corrected chi connectivity index (χ4v) is 7.79. The summed E-state index contributed by atoms with van der Waals surface area (Å²) in [5.41, 5.74) is 1.84. The molecular formula is C40H41ClN4O7S2. The number of esters is 1. The zero-order valence-corrected chi connectivity index (χ0v) is 32.9. The Morgan fingerprint density at radius 1 is 0.981 bits per heavy atom. The Balaban J connectivity index is 1.29. The highest BCUT2D eigenvalue weighted by atomic mass is 35.5. The highest BCUT2D eigenvalue weighted by molar-refractivity contribution is 8.00. The highest BCUT2D eigenvalue weighted by Gasteiger charge is 2.33. The monoisotopic (exact) mass is 788 g/mol. The van der Waals surface area contributed by atoms with Gasteiger partial charge in [-0.25, -0.2) is 9.59 Å². The van der Waals surface area contributed by atoms with Crippen molar-refractivity contribution in [2.24, 2.45) is 0 Å². The van der Waals surface area contributed by atoms with Crippen LogP contribution in [0.3, 0.4) is 0 Å². The Morgan fingerprint density at radius 2 is 1.72 bits per heavy atom. The van der Waals surface area contributed by atoms with Gasteiger partial charge in [-0.3, -0.25) is 14.4 Å². The number of thiophene rings is 1. The van der Waals surface area contributed by atoms with Crippen LogP contribution in [0, 0.1) is 0 Å². The topological polar surface area (TPSA) is 143 Å². The predicted molar refractivity (Wildman–Crippen MR) is 213 cm³/mol. The van der Waals surface area contributed by atoms with Crippen LogP contribution in [-0.2, 0) is 32.0 Å². The lowest BCUT2D eigenvalue weighted by atomic mass is 10.0. The van der Waals surface area contributed by atoms with Crippen molar-refractivity contribution in [3.63, 3.8) is 0 Å². The minimum Gasteiger partial charge on any atom is -0.462 e. The number of halogens is 1. The number of nitrogens with zero attached hydrogens (tertiary/aromatic N) is 1. The maximum absolute atomic E-state index is 13.6. The molecular weight excluding hydrogens is 748 g/mol. The molecule has 1 aromatic heterocycles. The maximum Gasteiger partial charge on any atom is 0.410 e. The zero-order chi connectivity index (χ0) is 39.0. The summed E-state index contributed by atoms with van der Waals surface area (Å²) in [6.07, 6.45) is 1.50.